The number of nitrogens with one attached hydrogen (secondary N) is 3. The minimum Gasteiger partial charge on any atom is -0.478 e. The van der Waals surface area contributed by atoms with E-state index in [2.05, 4.69) is 16.0 Å². The number of hydrogen-bond acceptors (Lipinski definition) is 12. The van der Waals surface area contributed by atoms with E-state index in [9.17, 15) is 45.0 Å². The number of carboxylic acid groups (broad SMARTS) is 1. The van der Waals surface area contributed by atoms with Crippen LogP contribution in [-0.4, -0.2) is 118 Å². The quantitative estimate of drug-likeness (QED) is 0.115. The summed E-state index contributed by atoms with van der Waals surface area (Å²) >= 11 is 0. The molecule has 0 fully saturated rings. The molecule has 7 atom stereocenters. The van der Waals surface area contributed by atoms with E-state index in [4.69, 9.17) is 14.2 Å². The fourth-order valence-corrected chi connectivity index (χ4v) is 3.98. The number of hydrogen-bond donors (Lipinski definition) is 9. The van der Waals surface area contributed by atoms with E-state index >= 15 is 0 Å². The highest BCUT2D eigenvalue weighted by atomic mass is 16.7. The average molecular weight is 558 g/mol. The smallest absolute Gasteiger partial charge is 0.337 e. The Morgan fingerprint density at radius 1 is 1.10 bits per heavy atom. The molecular formula is C24H35N3O12. The lowest BCUT2D eigenvalue weighted by molar-refractivity contribution is -0.182. The molecular weight excluding hydrogens is 522 g/mol. The van der Waals surface area contributed by atoms with E-state index in [-0.39, 0.29) is 23.5 Å². The molecule has 15 nitrogen and oxygen atoms in total. The summed E-state index contributed by atoms with van der Waals surface area (Å²) < 4.78 is 16.4. The summed E-state index contributed by atoms with van der Waals surface area (Å²) in [4.78, 5) is 35.2. The topological polar surface area (TPSA) is 236 Å². The van der Waals surface area contributed by atoms with Crippen molar-refractivity contribution < 1.29 is 59.2 Å². The lowest BCUT2D eigenvalue weighted by Crippen LogP contribution is -2.57. The van der Waals surface area contributed by atoms with Gasteiger partial charge in [0.05, 0.1) is 24.8 Å². The largest absolute Gasteiger partial charge is 0.478 e. The first-order chi connectivity index (χ1) is 18.4. The third kappa shape index (κ3) is 8.26. The van der Waals surface area contributed by atoms with Crippen LogP contribution in [0.1, 0.15) is 24.2 Å². The third-order valence-electron chi connectivity index (χ3n) is 5.83. The molecule has 1 aromatic carbocycles. The van der Waals surface area contributed by atoms with Gasteiger partial charge in [-0.25, -0.2) is 4.79 Å². The van der Waals surface area contributed by atoms with Gasteiger partial charge in [-0.15, -0.1) is 0 Å². The highest BCUT2D eigenvalue weighted by Crippen LogP contribution is 2.28. The number of methoxy groups -OCH3 is 1. The van der Waals surface area contributed by atoms with Crippen LogP contribution in [0.3, 0.4) is 0 Å². The lowest BCUT2D eigenvalue weighted by atomic mass is 9.99. The van der Waals surface area contributed by atoms with Crippen molar-refractivity contribution in [2.45, 2.75) is 56.5 Å². The highest BCUT2D eigenvalue weighted by Gasteiger charge is 2.44. The Bertz CT molecular complexity index is 1040. The summed E-state index contributed by atoms with van der Waals surface area (Å²) in [6.45, 7) is 0.485. The van der Waals surface area contributed by atoms with Gasteiger partial charge in [-0.3, -0.25) is 9.59 Å². The molecule has 15 heteroatoms. The van der Waals surface area contributed by atoms with Crippen LogP contribution in [0.15, 0.2) is 35.9 Å². The summed E-state index contributed by atoms with van der Waals surface area (Å²) in [7, 11) is 1.24. The Morgan fingerprint density at radius 3 is 2.31 bits per heavy atom. The van der Waals surface area contributed by atoms with Crippen molar-refractivity contribution >= 4 is 23.5 Å². The molecule has 1 heterocycles. The average Bonchev–Trinajstić information content (AvgIpc) is 2.89. The summed E-state index contributed by atoms with van der Waals surface area (Å²) in [5, 5.41) is 68.8. The summed E-state index contributed by atoms with van der Waals surface area (Å²) in [6.07, 6.45) is -9.15. The van der Waals surface area contributed by atoms with Gasteiger partial charge in [0.1, 0.15) is 30.1 Å². The standard InChI is InChI=1S/C24H35N3O12/c1-11(30)26-15(8-25-14-7-5-4-6-13(14)23(35)36)19(33)21(16(32)9-28)39-24-18(27-12(2)31)20(34)22(37-3)17(10-29)38-24/h4-7,15-17,19-22,25,28-29,32-34H,8-10H2,1-3H3,(H,26,30)(H,27,31)(H,35,36)/t15?,16?,17?,19?,20?,21-,22-/m1/s1. The van der Waals surface area contributed by atoms with E-state index in [0.717, 1.165) is 13.8 Å². The number of amides is 2. The highest BCUT2D eigenvalue weighted by molar-refractivity contribution is 5.94. The normalized spacial score (nSPS) is 22.1. The second-order valence-corrected chi connectivity index (χ2v) is 8.73. The van der Waals surface area contributed by atoms with E-state index in [1.165, 1.54) is 25.3 Å². The Kier molecular flexibility index (Phi) is 11.9. The molecule has 1 aromatic rings. The number of carboxylic acids is 1. The molecule has 0 aliphatic carbocycles. The van der Waals surface area contributed by atoms with Gasteiger partial charge < -0.3 is 60.8 Å². The predicted octanol–water partition coefficient (Wildman–Crippen LogP) is -2.53. The second kappa shape index (κ2) is 14.6. The van der Waals surface area contributed by atoms with Crippen LogP contribution in [0, 0.1) is 0 Å². The number of rotatable bonds is 14. The number of carbonyl (C=O) groups excluding carboxylic acids is 2. The molecule has 1 aliphatic heterocycles. The maximum absolute atomic E-state index is 11.9. The van der Waals surface area contributed by atoms with Crippen molar-refractivity contribution in [3.63, 3.8) is 0 Å². The molecule has 0 spiro atoms. The number of aliphatic hydroxyl groups is 5. The van der Waals surface area contributed by atoms with Crippen LogP contribution in [0.2, 0.25) is 0 Å². The SMILES string of the molecule is CO[C@@H]1C(CO)OC(O[C@H](C(O)CO)C(O)C(CNc2ccccc2C(=O)O)NC(C)=O)=C(NC(C)=O)C1O. The van der Waals surface area contributed by atoms with E-state index < -0.39 is 79.6 Å². The Hall–Kier alpha value is -3.47. The molecule has 2 amide bonds. The summed E-state index contributed by atoms with van der Waals surface area (Å²) in [5.41, 5.74) is -0.223. The molecule has 0 bridgehead atoms. The van der Waals surface area contributed by atoms with Crippen LogP contribution < -0.4 is 16.0 Å². The van der Waals surface area contributed by atoms with Gasteiger partial charge in [0.2, 0.25) is 11.8 Å². The van der Waals surface area contributed by atoms with Crippen molar-refractivity contribution in [2.75, 3.05) is 32.2 Å². The molecule has 0 radical (unpaired) electrons. The Balaban J connectivity index is 2.43. The monoisotopic (exact) mass is 557 g/mol. The molecule has 0 saturated heterocycles. The first-order valence-corrected chi connectivity index (χ1v) is 11.9. The fraction of sp³-hybridized carbons (Fsp3) is 0.542. The van der Waals surface area contributed by atoms with Gasteiger partial charge >= 0.3 is 11.9 Å². The molecule has 218 valence electrons. The molecule has 5 unspecified atom stereocenters. The van der Waals surface area contributed by atoms with Crippen molar-refractivity contribution in [1.82, 2.24) is 10.6 Å². The summed E-state index contributed by atoms with van der Waals surface area (Å²) in [5.74, 6) is -3.02. The minimum atomic E-state index is -1.78. The number of anilines is 1. The number of ether oxygens (including phenoxy) is 3. The van der Waals surface area contributed by atoms with Crippen LogP contribution in [-0.2, 0) is 23.8 Å². The number of aliphatic hydroxyl groups excluding tert-OH is 5. The fourth-order valence-electron chi connectivity index (χ4n) is 3.98. The number of para-hydroxylation sites is 1. The molecule has 0 saturated carbocycles. The van der Waals surface area contributed by atoms with Crippen molar-refractivity contribution in [3.05, 3.63) is 41.5 Å². The van der Waals surface area contributed by atoms with Gasteiger partial charge in [-0.1, -0.05) is 12.1 Å². The van der Waals surface area contributed by atoms with Crippen LogP contribution >= 0.6 is 0 Å². The zero-order chi connectivity index (χ0) is 29.3. The predicted molar refractivity (Wildman–Crippen MR) is 133 cm³/mol. The van der Waals surface area contributed by atoms with E-state index in [0.29, 0.717) is 0 Å². The van der Waals surface area contributed by atoms with Crippen molar-refractivity contribution in [3.8, 4) is 0 Å². The van der Waals surface area contributed by atoms with Gasteiger partial charge in [0.25, 0.3) is 0 Å². The third-order valence-corrected chi connectivity index (χ3v) is 5.83. The van der Waals surface area contributed by atoms with E-state index in [1.54, 1.807) is 6.07 Å². The van der Waals surface area contributed by atoms with Crippen LogP contribution in [0.4, 0.5) is 5.69 Å². The first kappa shape index (κ1) is 31.7. The zero-order valence-corrected chi connectivity index (χ0v) is 21.6. The number of aromatic carboxylic acids is 1. The molecule has 1 aliphatic rings. The van der Waals surface area contributed by atoms with Crippen LogP contribution in [0.25, 0.3) is 0 Å². The Labute approximate surface area is 224 Å². The summed E-state index contributed by atoms with van der Waals surface area (Å²) in [6, 6.07) is 4.69. The maximum Gasteiger partial charge on any atom is 0.337 e. The van der Waals surface area contributed by atoms with Crippen molar-refractivity contribution in [1.29, 1.82) is 0 Å². The number of carbonyl (C=O) groups is 3. The van der Waals surface area contributed by atoms with E-state index in [1.807, 2.05) is 0 Å². The van der Waals surface area contributed by atoms with Crippen LogP contribution in [0.5, 0.6) is 0 Å². The second-order valence-electron chi connectivity index (χ2n) is 8.73. The molecule has 0 aromatic heterocycles. The molecule has 2 rings (SSSR count). The van der Waals surface area contributed by atoms with Crippen molar-refractivity contribution in [2.24, 2.45) is 0 Å². The minimum absolute atomic E-state index is 0.0748. The lowest BCUT2D eigenvalue weighted by Gasteiger charge is -2.39. The Morgan fingerprint density at radius 2 is 1.77 bits per heavy atom. The van der Waals surface area contributed by atoms with Gasteiger partial charge in [-0.2, -0.15) is 0 Å². The van der Waals surface area contributed by atoms with Gasteiger partial charge in [-0.05, 0) is 12.1 Å². The first-order valence-electron chi connectivity index (χ1n) is 11.9. The zero-order valence-electron chi connectivity index (χ0n) is 21.6. The maximum atomic E-state index is 11.9. The molecule has 39 heavy (non-hydrogen) atoms. The van der Waals surface area contributed by atoms with Gasteiger partial charge in [0, 0.05) is 33.2 Å². The number of benzene rings is 1. The molecule has 9 N–H and O–H groups in total. The van der Waals surface area contributed by atoms with Gasteiger partial charge in [0.15, 0.2) is 12.2 Å².